The number of nitrogens with zero attached hydrogens (tertiary/aromatic N) is 1. The van der Waals surface area contributed by atoms with Crippen LogP contribution in [-0.2, 0) is 24.3 Å². The summed E-state index contributed by atoms with van der Waals surface area (Å²) < 4.78 is 5.22. The summed E-state index contributed by atoms with van der Waals surface area (Å²) >= 11 is 0. The molecule has 0 aliphatic carbocycles. The largest absolute Gasteiger partial charge is 0.497 e. The van der Waals surface area contributed by atoms with E-state index in [4.69, 9.17) is 4.74 Å². The number of likely N-dealkylation sites (tertiary alicyclic amines) is 1. The van der Waals surface area contributed by atoms with Gasteiger partial charge in [-0.15, -0.1) is 0 Å². The van der Waals surface area contributed by atoms with Crippen molar-refractivity contribution >= 4 is 5.91 Å². The van der Waals surface area contributed by atoms with Crippen molar-refractivity contribution in [2.45, 2.75) is 45.2 Å². The van der Waals surface area contributed by atoms with Crippen molar-refractivity contribution in [2.75, 3.05) is 20.2 Å². The van der Waals surface area contributed by atoms with Gasteiger partial charge in [0.1, 0.15) is 5.75 Å². The molecule has 1 saturated heterocycles. The Morgan fingerprint density at radius 1 is 1.00 bits per heavy atom. The molecule has 1 aliphatic rings. The zero-order chi connectivity index (χ0) is 18.9. The van der Waals surface area contributed by atoms with E-state index in [1.807, 2.05) is 24.3 Å². The minimum absolute atomic E-state index is 0.0789. The molecule has 2 aromatic rings. The summed E-state index contributed by atoms with van der Waals surface area (Å²) in [6.07, 6.45) is 5.21. The SMILES string of the molecule is COc1cccc(CCC(=O)NCc2ccc(CN3CCCCC3)cc2)c1. The number of piperidine rings is 1. The van der Waals surface area contributed by atoms with E-state index in [0.29, 0.717) is 13.0 Å². The molecule has 0 bridgehead atoms. The van der Waals surface area contributed by atoms with Crippen molar-refractivity contribution in [1.29, 1.82) is 0 Å². The first-order valence-electron chi connectivity index (χ1n) is 9.93. The van der Waals surface area contributed by atoms with Crippen molar-refractivity contribution in [2.24, 2.45) is 0 Å². The maximum atomic E-state index is 12.1. The van der Waals surface area contributed by atoms with Crippen molar-refractivity contribution in [1.82, 2.24) is 10.2 Å². The smallest absolute Gasteiger partial charge is 0.220 e. The number of carbonyl (C=O) groups excluding carboxylic acids is 1. The zero-order valence-electron chi connectivity index (χ0n) is 16.2. The Bertz CT molecular complexity index is 721. The van der Waals surface area contributed by atoms with Crippen LogP contribution in [0.25, 0.3) is 0 Å². The third-order valence-corrected chi connectivity index (χ3v) is 5.14. The lowest BCUT2D eigenvalue weighted by Gasteiger charge is -2.26. The summed E-state index contributed by atoms with van der Waals surface area (Å²) in [6.45, 7) is 4.05. The molecule has 0 radical (unpaired) electrons. The van der Waals surface area contributed by atoms with E-state index in [1.54, 1.807) is 7.11 Å². The normalized spacial score (nSPS) is 14.7. The Hall–Kier alpha value is -2.33. The lowest BCUT2D eigenvalue weighted by atomic mass is 10.1. The quantitative estimate of drug-likeness (QED) is 0.770. The topological polar surface area (TPSA) is 41.6 Å². The Kier molecular flexibility index (Phi) is 7.28. The molecule has 0 saturated carbocycles. The van der Waals surface area contributed by atoms with E-state index in [9.17, 15) is 4.79 Å². The highest BCUT2D eigenvalue weighted by atomic mass is 16.5. The van der Waals surface area contributed by atoms with Gasteiger partial charge >= 0.3 is 0 Å². The van der Waals surface area contributed by atoms with Crippen LogP contribution in [0.5, 0.6) is 5.75 Å². The number of benzene rings is 2. The summed E-state index contributed by atoms with van der Waals surface area (Å²) in [5.41, 5.74) is 3.61. The highest BCUT2D eigenvalue weighted by Crippen LogP contribution is 2.15. The van der Waals surface area contributed by atoms with Gasteiger partial charge in [-0.25, -0.2) is 0 Å². The van der Waals surface area contributed by atoms with Crippen LogP contribution in [0.3, 0.4) is 0 Å². The monoisotopic (exact) mass is 366 g/mol. The molecule has 4 nitrogen and oxygen atoms in total. The molecule has 0 spiro atoms. The summed E-state index contributed by atoms with van der Waals surface area (Å²) in [4.78, 5) is 14.7. The third kappa shape index (κ3) is 6.40. The van der Waals surface area contributed by atoms with Crippen LogP contribution in [0.4, 0.5) is 0 Å². The van der Waals surface area contributed by atoms with Crippen LogP contribution in [0.1, 0.15) is 42.4 Å². The molecular weight excluding hydrogens is 336 g/mol. The Labute approximate surface area is 162 Å². The van der Waals surface area contributed by atoms with Gasteiger partial charge in [0.2, 0.25) is 5.91 Å². The van der Waals surface area contributed by atoms with Gasteiger partial charge in [0.15, 0.2) is 0 Å². The van der Waals surface area contributed by atoms with E-state index < -0.39 is 0 Å². The number of ether oxygens (including phenoxy) is 1. The van der Waals surface area contributed by atoms with E-state index >= 15 is 0 Å². The first-order valence-corrected chi connectivity index (χ1v) is 9.93. The molecule has 0 unspecified atom stereocenters. The Balaban J connectivity index is 1.40. The number of nitrogens with one attached hydrogen (secondary N) is 1. The van der Waals surface area contributed by atoms with E-state index in [2.05, 4.69) is 34.5 Å². The second kappa shape index (κ2) is 10.1. The van der Waals surface area contributed by atoms with Gasteiger partial charge < -0.3 is 10.1 Å². The third-order valence-electron chi connectivity index (χ3n) is 5.14. The molecule has 1 N–H and O–H groups in total. The average molecular weight is 367 g/mol. The number of carbonyl (C=O) groups is 1. The lowest BCUT2D eigenvalue weighted by Crippen LogP contribution is -2.29. The van der Waals surface area contributed by atoms with Gasteiger partial charge in [-0.05, 0) is 61.2 Å². The molecule has 2 aromatic carbocycles. The number of hydrogen-bond acceptors (Lipinski definition) is 3. The fourth-order valence-electron chi connectivity index (χ4n) is 3.51. The number of methoxy groups -OCH3 is 1. The molecule has 3 rings (SSSR count). The summed E-state index contributed by atoms with van der Waals surface area (Å²) in [6, 6.07) is 16.5. The van der Waals surface area contributed by atoms with Gasteiger partial charge in [-0.1, -0.05) is 42.8 Å². The molecule has 1 heterocycles. The molecule has 27 heavy (non-hydrogen) atoms. The number of hydrogen-bond donors (Lipinski definition) is 1. The van der Waals surface area contributed by atoms with E-state index in [0.717, 1.165) is 29.8 Å². The maximum Gasteiger partial charge on any atom is 0.220 e. The molecule has 144 valence electrons. The number of amides is 1. The first-order chi connectivity index (χ1) is 13.2. The summed E-state index contributed by atoms with van der Waals surface area (Å²) in [7, 11) is 1.66. The first kappa shape index (κ1) is 19.4. The van der Waals surface area contributed by atoms with Gasteiger partial charge in [0, 0.05) is 19.5 Å². The van der Waals surface area contributed by atoms with Crippen LogP contribution < -0.4 is 10.1 Å². The zero-order valence-corrected chi connectivity index (χ0v) is 16.2. The van der Waals surface area contributed by atoms with Crippen LogP contribution in [-0.4, -0.2) is 31.0 Å². The average Bonchev–Trinajstić information content (AvgIpc) is 2.72. The molecule has 0 aromatic heterocycles. The van der Waals surface area contributed by atoms with Crippen LogP contribution in [0.2, 0.25) is 0 Å². The van der Waals surface area contributed by atoms with Crippen molar-refractivity contribution in [3.8, 4) is 5.75 Å². The van der Waals surface area contributed by atoms with E-state index in [1.165, 1.54) is 37.9 Å². The van der Waals surface area contributed by atoms with Crippen LogP contribution in [0, 0.1) is 0 Å². The predicted molar refractivity (Wildman–Crippen MR) is 109 cm³/mol. The molecule has 1 fully saturated rings. The second-order valence-electron chi connectivity index (χ2n) is 7.28. The fourth-order valence-corrected chi connectivity index (χ4v) is 3.51. The van der Waals surface area contributed by atoms with E-state index in [-0.39, 0.29) is 5.91 Å². The van der Waals surface area contributed by atoms with Crippen molar-refractivity contribution < 1.29 is 9.53 Å². The minimum Gasteiger partial charge on any atom is -0.497 e. The standard InChI is InChI=1S/C23H30N2O2/c1-27-22-7-5-6-19(16-22)12-13-23(26)24-17-20-8-10-21(11-9-20)18-25-14-3-2-4-15-25/h5-11,16H,2-4,12-15,17-18H2,1H3,(H,24,26). The van der Waals surface area contributed by atoms with Crippen LogP contribution >= 0.6 is 0 Å². The molecular formula is C23H30N2O2. The molecule has 4 heteroatoms. The van der Waals surface area contributed by atoms with Gasteiger partial charge in [0.25, 0.3) is 0 Å². The summed E-state index contributed by atoms with van der Waals surface area (Å²) in [5.74, 6) is 0.910. The van der Waals surface area contributed by atoms with Crippen molar-refractivity contribution in [3.63, 3.8) is 0 Å². The Morgan fingerprint density at radius 3 is 2.48 bits per heavy atom. The van der Waals surface area contributed by atoms with Gasteiger partial charge in [0.05, 0.1) is 7.11 Å². The van der Waals surface area contributed by atoms with Crippen LogP contribution in [0.15, 0.2) is 48.5 Å². The molecule has 0 atom stereocenters. The van der Waals surface area contributed by atoms with Gasteiger partial charge in [-0.2, -0.15) is 0 Å². The minimum atomic E-state index is 0.0789. The fraction of sp³-hybridized carbons (Fsp3) is 0.435. The summed E-state index contributed by atoms with van der Waals surface area (Å²) in [5, 5.41) is 3.02. The lowest BCUT2D eigenvalue weighted by molar-refractivity contribution is -0.121. The predicted octanol–water partition coefficient (Wildman–Crippen LogP) is 3.93. The van der Waals surface area contributed by atoms with Crippen molar-refractivity contribution in [3.05, 3.63) is 65.2 Å². The second-order valence-corrected chi connectivity index (χ2v) is 7.28. The van der Waals surface area contributed by atoms with Gasteiger partial charge in [-0.3, -0.25) is 9.69 Å². The maximum absolute atomic E-state index is 12.1. The number of rotatable bonds is 8. The highest BCUT2D eigenvalue weighted by molar-refractivity contribution is 5.76. The molecule has 1 amide bonds. The molecule has 1 aliphatic heterocycles. The highest BCUT2D eigenvalue weighted by Gasteiger charge is 2.10. The Morgan fingerprint density at radius 2 is 1.74 bits per heavy atom. The number of aryl methyl sites for hydroxylation is 1.